The molecule has 13 heavy (non-hydrogen) atoms. The van der Waals surface area contributed by atoms with Gasteiger partial charge >= 0.3 is 0 Å². The van der Waals surface area contributed by atoms with E-state index in [4.69, 9.17) is 10.8 Å². The van der Waals surface area contributed by atoms with Crippen LogP contribution in [0.4, 0.5) is 0 Å². The highest BCUT2D eigenvalue weighted by atomic mass is 16.3. The van der Waals surface area contributed by atoms with E-state index >= 15 is 0 Å². The second-order valence-electron chi connectivity index (χ2n) is 3.02. The van der Waals surface area contributed by atoms with Crippen LogP contribution in [0.15, 0.2) is 12.5 Å². The SMILES string of the molecule is CC(Cn1cnc(CO)c1)C(N)=O. The number of carbonyl (C=O) groups excluding carboxylic acids is 1. The van der Waals surface area contributed by atoms with Crippen LogP contribution in [0, 0.1) is 5.92 Å². The lowest BCUT2D eigenvalue weighted by Crippen LogP contribution is -2.24. The first-order chi connectivity index (χ1) is 6.13. The lowest BCUT2D eigenvalue weighted by atomic mass is 10.2. The van der Waals surface area contributed by atoms with Gasteiger partial charge in [0.05, 0.1) is 24.5 Å². The van der Waals surface area contributed by atoms with E-state index in [9.17, 15) is 4.79 Å². The molecule has 0 fully saturated rings. The fraction of sp³-hybridized carbons (Fsp3) is 0.500. The van der Waals surface area contributed by atoms with E-state index in [1.807, 2.05) is 0 Å². The van der Waals surface area contributed by atoms with Crippen LogP contribution in [0.25, 0.3) is 0 Å². The molecule has 1 unspecified atom stereocenters. The summed E-state index contributed by atoms with van der Waals surface area (Å²) in [4.78, 5) is 14.6. The maximum atomic E-state index is 10.7. The molecule has 0 saturated carbocycles. The summed E-state index contributed by atoms with van der Waals surface area (Å²) in [7, 11) is 0. The van der Waals surface area contributed by atoms with Crippen molar-refractivity contribution in [2.45, 2.75) is 20.1 Å². The Morgan fingerprint density at radius 2 is 2.54 bits per heavy atom. The summed E-state index contributed by atoms with van der Waals surface area (Å²) >= 11 is 0. The van der Waals surface area contributed by atoms with E-state index in [0.717, 1.165) is 0 Å². The van der Waals surface area contributed by atoms with Crippen LogP contribution in [0.2, 0.25) is 0 Å². The zero-order chi connectivity index (χ0) is 9.84. The molecule has 5 heteroatoms. The normalized spacial score (nSPS) is 12.8. The summed E-state index contributed by atoms with van der Waals surface area (Å²) < 4.78 is 1.74. The number of hydrogen-bond acceptors (Lipinski definition) is 3. The molecule has 1 heterocycles. The molecule has 0 aliphatic rings. The van der Waals surface area contributed by atoms with Crippen LogP contribution in [-0.2, 0) is 17.9 Å². The standard InChI is InChI=1S/C8H13N3O2/c1-6(8(9)13)2-11-3-7(4-12)10-5-11/h3,5-6,12H,2,4H2,1H3,(H2,9,13). The summed E-state index contributed by atoms with van der Waals surface area (Å²) in [5.74, 6) is -0.556. The Kier molecular flexibility index (Phi) is 3.02. The van der Waals surface area contributed by atoms with E-state index < -0.39 is 0 Å². The summed E-state index contributed by atoms with van der Waals surface area (Å²) in [5.41, 5.74) is 5.70. The van der Waals surface area contributed by atoms with Gasteiger partial charge in [-0.05, 0) is 0 Å². The molecule has 1 aromatic rings. The maximum absolute atomic E-state index is 10.7. The van der Waals surface area contributed by atoms with E-state index in [-0.39, 0.29) is 18.4 Å². The van der Waals surface area contributed by atoms with Crippen molar-refractivity contribution >= 4 is 5.91 Å². The second-order valence-corrected chi connectivity index (χ2v) is 3.02. The average Bonchev–Trinajstić information content (AvgIpc) is 2.52. The molecule has 5 nitrogen and oxygen atoms in total. The highest BCUT2D eigenvalue weighted by molar-refractivity contribution is 5.76. The van der Waals surface area contributed by atoms with Crippen LogP contribution in [-0.4, -0.2) is 20.6 Å². The van der Waals surface area contributed by atoms with Crippen molar-refractivity contribution in [1.29, 1.82) is 0 Å². The zero-order valence-electron chi connectivity index (χ0n) is 7.47. The van der Waals surface area contributed by atoms with Gasteiger partial charge in [-0.15, -0.1) is 0 Å². The fourth-order valence-electron chi connectivity index (χ4n) is 0.994. The minimum Gasteiger partial charge on any atom is -0.390 e. The maximum Gasteiger partial charge on any atom is 0.222 e. The van der Waals surface area contributed by atoms with Gasteiger partial charge in [0.1, 0.15) is 0 Å². The predicted molar refractivity (Wildman–Crippen MR) is 46.5 cm³/mol. The molecule has 1 rings (SSSR count). The Hall–Kier alpha value is -1.36. The topological polar surface area (TPSA) is 81.1 Å². The molecule has 0 bridgehead atoms. The Labute approximate surface area is 76.2 Å². The van der Waals surface area contributed by atoms with Crippen molar-refractivity contribution < 1.29 is 9.90 Å². The summed E-state index contributed by atoms with van der Waals surface area (Å²) in [6.07, 6.45) is 3.27. The second kappa shape index (κ2) is 4.04. The third-order valence-corrected chi connectivity index (χ3v) is 1.82. The molecule has 3 N–H and O–H groups in total. The number of hydrogen-bond donors (Lipinski definition) is 2. The number of carbonyl (C=O) groups is 1. The van der Waals surface area contributed by atoms with Gasteiger partial charge in [-0.25, -0.2) is 4.98 Å². The van der Waals surface area contributed by atoms with Gasteiger partial charge in [0.15, 0.2) is 0 Å². The summed E-state index contributed by atoms with van der Waals surface area (Å²) in [6.45, 7) is 2.17. The summed E-state index contributed by atoms with van der Waals surface area (Å²) in [5, 5.41) is 8.73. The number of imidazole rings is 1. The number of aliphatic hydroxyl groups excluding tert-OH is 1. The third-order valence-electron chi connectivity index (χ3n) is 1.82. The molecule has 1 amide bonds. The Balaban J connectivity index is 2.58. The van der Waals surface area contributed by atoms with Gasteiger partial charge in [-0.1, -0.05) is 6.92 Å². The number of rotatable bonds is 4. The number of primary amides is 1. The lowest BCUT2D eigenvalue weighted by molar-refractivity contribution is -0.121. The molecule has 1 atom stereocenters. The first-order valence-electron chi connectivity index (χ1n) is 4.04. The molecule has 72 valence electrons. The summed E-state index contributed by atoms with van der Waals surface area (Å²) in [6, 6.07) is 0. The molecule has 0 saturated heterocycles. The van der Waals surface area contributed by atoms with Gasteiger partial charge in [0.25, 0.3) is 0 Å². The van der Waals surface area contributed by atoms with Gasteiger partial charge in [-0.3, -0.25) is 4.79 Å². The van der Waals surface area contributed by atoms with Gasteiger partial charge in [0.2, 0.25) is 5.91 Å². The van der Waals surface area contributed by atoms with Gasteiger partial charge in [-0.2, -0.15) is 0 Å². The average molecular weight is 183 g/mol. The smallest absolute Gasteiger partial charge is 0.222 e. The molecule has 1 aromatic heterocycles. The van der Waals surface area contributed by atoms with Gasteiger partial charge in [0, 0.05) is 12.7 Å². The highest BCUT2D eigenvalue weighted by Crippen LogP contribution is 2.01. The number of amides is 1. The third kappa shape index (κ3) is 2.55. The molecule has 0 aliphatic heterocycles. The van der Waals surface area contributed by atoms with Crippen molar-refractivity contribution in [3.8, 4) is 0 Å². The molecule has 0 spiro atoms. The highest BCUT2D eigenvalue weighted by Gasteiger charge is 2.09. The van der Waals surface area contributed by atoms with Crippen LogP contribution >= 0.6 is 0 Å². The van der Waals surface area contributed by atoms with Crippen molar-refractivity contribution in [3.05, 3.63) is 18.2 Å². The predicted octanol–water partition coefficient (Wildman–Crippen LogP) is -0.503. The largest absolute Gasteiger partial charge is 0.390 e. The monoisotopic (exact) mass is 183 g/mol. The zero-order valence-corrected chi connectivity index (χ0v) is 7.47. The van der Waals surface area contributed by atoms with Crippen molar-refractivity contribution in [2.24, 2.45) is 11.7 Å². The number of nitrogens with two attached hydrogens (primary N) is 1. The van der Waals surface area contributed by atoms with Crippen molar-refractivity contribution in [1.82, 2.24) is 9.55 Å². The Morgan fingerprint density at radius 3 is 3.00 bits per heavy atom. The van der Waals surface area contributed by atoms with Crippen LogP contribution in [0.1, 0.15) is 12.6 Å². The molecule has 0 aromatic carbocycles. The van der Waals surface area contributed by atoms with E-state index in [1.54, 1.807) is 24.0 Å². The number of aromatic nitrogens is 2. The number of aliphatic hydroxyl groups is 1. The van der Waals surface area contributed by atoms with Crippen molar-refractivity contribution in [3.63, 3.8) is 0 Å². The van der Waals surface area contributed by atoms with E-state index in [2.05, 4.69) is 4.98 Å². The first kappa shape index (κ1) is 9.73. The quantitative estimate of drug-likeness (QED) is 0.660. The molecule has 0 aliphatic carbocycles. The van der Waals surface area contributed by atoms with Crippen LogP contribution in [0.3, 0.4) is 0 Å². The van der Waals surface area contributed by atoms with Crippen molar-refractivity contribution in [2.75, 3.05) is 0 Å². The Morgan fingerprint density at radius 1 is 1.85 bits per heavy atom. The van der Waals surface area contributed by atoms with Gasteiger partial charge < -0.3 is 15.4 Å². The minimum atomic E-state index is -0.334. The fourth-order valence-corrected chi connectivity index (χ4v) is 0.994. The van der Waals surface area contributed by atoms with E-state index in [0.29, 0.717) is 12.2 Å². The molecule has 0 radical (unpaired) electrons. The van der Waals surface area contributed by atoms with Crippen LogP contribution in [0.5, 0.6) is 0 Å². The van der Waals surface area contributed by atoms with Crippen LogP contribution < -0.4 is 5.73 Å². The Bertz CT molecular complexity index is 295. The minimum absolute atomic E-state index is 0.0854. The number of nitrogens with zero attached hydrogens (tertiary/aromatic N) is 2. The molecular weight excluding hydrogens is 170 g/mol. The first-order valence-corrected chi connectivity index (χ1v) is 4.04. The lowest BCUT2D eigenvalue weighted by Gasteiger charge is -2.06. The van der Waals surface area contributed by atoms with E-state index in [1.165, 1.54) is 0 Å². The molecular formula is C8H13N3O2.